The summed E-state index contributed by atoms with van der Waals surface area (Å²) in [6.45, 7) is 1.67. The quantitative estimate of drug-likeness (QED) is 0.811. The highest BCUT2D eigenvalue weighted by atomic mass is 32.2. The molecule has 0 aliphatic carbocycles. The fourth-order valence-electron chi connectivity index (χ4n) is 2.23. The van der Waals surface area contributed by atoms with Crippen LogP contribution >= 0.6 is 0 Å². The zero-order chi connectivity index (χ0) is 14.2. The summed E-state index contributed by atoms with van der Waals surface area (Å²) in [5, 5.41) is 0. The van der Waals surface area contributed by atoms with Gasteiger partial charge in [-0.05, 0) is 12.1 Å². The van der Waals surface area contributed by atoms with Crippen LogP contribution in [0.3, 0.4) is 0 Å². The van der Waals surface area contributed by atoms with E-state index in [1.165, 1.54) is 16.4 Å². The van der Waals surface area contributed by atoms with Crippen LogP contribution in [0.15, 0.2) is 23.1 Å². The maximum Gasteiger partial charge on any atom is 0.244 e. The van der Waals surface area contributed by atoms with Crippen molar-refractivity contribution >= 4 is 10.0 Å². The molecule has 7 nitrogen and oxygen atoms in total. The third-order valence-electron chi connectivity index (χ3n) is 3.23. The summed E-state index contributed by atoms with van der Waals surface area (Å²) < 4.78 is 42.4. The molecule has 3 rings (SSSR count). The normalized spacial score (nSPS) is 23.6. The number of hydrogen-bond acceptors (Lipinski definition) is 6. The van der Waals surface area contributed by atoms with E-state index in [1.807, 2.05) is 0 Å². The molecule has 0 saturated carbocycles. The Balaban J connectivity index is 1.94. The summed E-state index contributed by atoms with van der Waals surface area (Å²) in [4.78, 5) is 0.152. The molecule has 1 unspecified atom stereocenters. The molecule has 2 heterocycles. The Morgan fingerprint density at radius 3 is 2.65 bits per heavy atom. The van der Waals surface area contributed by atoms with Gasteiger partial charge in [0.2, 0.25) is 10.0 Å². The van der Waals surface area contributed by atoms with Crippen LogP contribution < -0.4 is 15.2 Å². The molecule has 1 saturated heterocycles. The lowest BCUT2D eigenvalue weighted by Crippen LogP contribution is -2.53. The smallest absolute Gasteiger partial charge is 0.244 e. The highest BCUT2D eigenvalue weighted by molar-refractivity contribution is 7.89. The van der Waals surface area contributed by atoms with E-state index in [1.54, 1.807) is 6.07 Å². The Labute approximate surface area is 117 Å². The fraction of sp³-hybridized carbons (Fsp3) is 0.500. The van der Waals surface area contributed by atoms with Crippen LogP contribution in [0, 0.1) is 0 Å². The van der Waals surface area contributed by atoms with Gasteiger partial charge in [-0.1, -0.05) is 0 Å². The SMILES string of the molecule is NC1COCCN1S(=O)(=O)c1ccc2c(c1)OCCO2. The number of hydrogen-bond donors (Lipinski definition) is 1. The van der Waals surface area contributed by atoms with Crippen LogP contribution in [0.1, 0.15) is 0 Å². The van der Waals surface area contributed by atoms with E-state index in [9.17, 15) is 8.42 Å². The Kier molecular flexibility index (Phi) is 3.55. The second-order valence-corrected chi connectivity index (χ2v) is 6.45. The van der Waals surface area contributed by atoms with Crippen LogP contribution in [0.4, 0.5) is 0 Å². The number of nitrogens with zero attached hydrogens (tertiary/aromatic N) is 1. The number of rotatable bonds is 2. The van der Waals surface area contributed by atoms with Gasteiger partial charge in [0.05, 0.1) is 24.3 Å². The Hall–Kier alpha value is -1.35. The minimum absolute atomic E-state index is 0.152. The molecule has 2 N–H and O–H groups in total. The molecule has 0 aromatic heterocycles. The Morgan fingerprint density at radius 1 is 1.15 bits per heavy atom. The van der Waals surface area contributed by atoms with E-state index in [4.69, 9.17) is 19.9 Å². The van der Waals surface area contributed by atoms with Gasteiger partial charge in [-0.15, -0.1) is 0 Å². The third-order valence-corrected chi connectivity index (χ3v) is 5.16. The first-order valence-corrected chi connectivity index (χ1v) is 7.78. The number of morpholine rings is 1. The first-order valence-electron chi connectivity index (χ1n) is 6.34. The molecule has 110 valence electrons. The van der Waals surface area contributed by atoms with Crippen molar-refractivity contribution in [3.63, 3.8) is 0 Å². The van der Waals surface area contributed by atoms with Crippen LogP contribution in [0.5, 0.6) is 11.5 Å². The van der Waals surface area contributed by atoms with E-state index in [-0.39, 0.29) is 18.0 Å². The first kappa shape index (κ1) is 13.6. The van der Waals surface area contributed by atoms with Gasteiger partial charge in [0.15, 0.2) is 11.5 Å². The molecule has 0 amide bonds. The molecule has 1 aromatic carbocycles. The van der Waals surface area contributed by atoms with Crippen molar-refractivity contribution in [1.29, 1.82) is 0 Å². The van der Waals surface area contributed by atoms with Crippen molar-refractivity contribution in [3.05, 3.63) is 18.2 Å². The van der Waals surface area contributed by atoms with E-state index < -0.39 is 16.2 Å². The van der Waals surface area contributed by atoms with Crippen LogP contribution in [0.2, 0.25) is 0 Å². The summed E-state index contributed by atoms with van der Waals surface area (Å²) in [6.07, 6.45) is -0.665. The van der Waals surface area contributed by atoms with Gasteiger partial charge in [0.1, 0.15) is 13.2 Å². The van der Waals surface area contributed by atoms with Gasteiger partial charge in [0, 0.05) is 12.6 Å². The largest absolute Gasteiger partial charge is 0.486 e. The average molecular weight is 300 g/mol. The van der Waals surface area contributed by atoms with Crippen molar-refractivity contribution in [1.82, 2.24) is 4.31 Å². The van der Waals surface area contributed by atoms with Crippen molar-refractivity contribution < 1.29 is 22.6 Å². The summed E-state index contributed by atoms with van der Waals surface area (Å²) in [5.41, 5.74) is 5.81. The van der Waals surface area contributed by atoms with Gasteiger partial charge in [0.25, 0.3) is 0 Å². The lowest BCUT2D eigenvalue weighted by atomic mass is 10.3. The predicted molar refractivity (Wildman–Crippen MR) is 70.1 cm³/mol. The lowest BCUT2D eigenvalue weighted by molar-refractivity contribution is 0.0350. The summed E-state index contributed by atoms with van der Waals surface area (Å²) in [6, 6.07) is 4.59. The fourth-order valence-corrected chi connectivity index (χ4v) is 3.72. The molecule has 2 aliphatic rings. The third kappa shape index (κ3) is 2.35. The lowest BCUT2D eigenvalue weighted by Gasteiger charge is -2.32. The summed E-state index contributed by atoms with van der Waals surface area (Å²) >= 11 is 0. The summed E-state index contributed by atoms with van der Waals surface area (Å²) in [7, 11) is -3.65. The van der Waals surface area contributed by atoms with Gasteiger partial charge < -0.3 is 19.9 Å². The minimum atomic E-state index is -3.65. The van der Waals surface area contributed by atoms with Crippen LogP contribution in [0.25, 0.3) is 0 Å². The maximum atomic E-state index is 12.6. The number of benzene rings is 1. The predicted octanol–water partition coefficient (Wildman–Crippen LogP) is -0.237. The molecule has 0 radical (unpaired) electrons. The zero-order valence-electron chi connectivity index (χ0n) is 10.8. The van der Waals surface area contributed by atoms with Crippen molar-refractivity contribution in [3.8, 4) is 11.5 Å². The molecule has 1 aromatic rings. The molecule has 8 heteroatoms. The second kappa shape index (κ2) is 5.21. The van der Waals surface area contributed by atoms with Crippen molar-refractivity contribution in [2.45, 2.75) is 11.1 Å². The topological polar surface area (TPSA) is 91.1 Å². The minimum Gasteiger partial charge on any atom is -0.486 e. The van der Waals surface area contributed by atoms with Gasteiger partial charge in [-0.25, -0.2) is 8.42 Å². The molecule has 2 aliphatic heterocycles. The number of ether oxygens (including phenoxy) is 3. The number of fused-ring (bicyclic) bond motifs is 1. The van der Waals surface area contributed by atoms with Gasteiger partial charge in [-0.3, -0.25) is 0 Å². The highest BCUT2D eigenvalue weighted by Gasteiger charge is 2.32. The van der Waals surface area contributed by atoms with Crippen LogP contribution in [-0.4, -0.2) is 51.9 Å². The molecule has 0 bridgehead atoms. The number of sulfonamides is 1. The molecular weight excluding hydrogens is 284 g/mol. The standard InChI is InChI=1S/C12H16N2O5S/c13-12-8-17-4-3-14(12)20(15,16)9-1-2-10-11(7-9)19-6-5-18-10/h1-2,7,12H,3-6,8,13H2. The summed E-state index contributed by atoms with van der Waals surface area (Å²) in [5.74, 6) is 1.00. The van der Waals surface area contributed by atoms with Crippen LogP contribution in [-0.2, 0) is 14.8 Å². The Bertz CT molecular complexity index is 604. The van der Waals surface area contributed by atoms with Gasteiger partial charge in [-0.2, -0.15) is 4.31 Å². The molecule has 20 heavy (non-hydrogen) atoms. The van der Waals surface area contributed by atoms with E-state index in [0.29, 0.717) is 31.3 Å². The zero-order valence-corrected chi connectivity index (χ0v) is 11.6. The highest BCUT2D eigenvalue weighted by Crippen LogP contribution is 2.33. The van der Waals surface area contributed by atoms with Gasteiger partial charge >= 0.3 is 0 Å². The maximum absolute atomic E-state index is 12.6. The monoisotopic (exact) mass is 300 g/mol. The number of nitrogens with two attached hydrogens (primary N) is 1. The van der Waals surface area contributed by atoms with Crippen molar-refractivity contribution in [2.75, 3.05) is 33.0 Å². The van der Waals surface area contributed by atoms with E-state index in [0.717, 1.165) is 0 Å². The molecule has 0 spiro atoms. The second-order valence-electron chi connectivity index (χ2n) is 4.56. The van der Waals surface area contributed by atoms with E-state index >= 15 is 0 Å². The Morgan fingerprint density at radius 2 is 1.90 bits per heavy atom. The molecular formula is C12H16N2O5S. The van der Waals surface area contributed by atoms with E-state index in [2.05, 4.69) is 0 Å². The average Bonchev–Trinajstić information content (AvgIpc) is 2.47. The van der Waals surface area contributed by atoms with Crippen molar-refractivity contribution in [2.24, 2.45) is 5.73 Å². The molecule has 1 atom stereocenters. The molecule has 1 fully saturated rings. The first-order chi connectivity index (χ1) is 9.59.